The van der Waals surface area contributed by atoms with E-state index in [0.29, 0.717) is 12.0 Å². The Bertz CT molecular complexity index is 590. The normalized spacial score (nSPS) is 15.4. The third-order valence-corrected chi connectivity index (χ3v) is 4.72. The highest BCUT2D eigenvalue weighted by atomic mass is 32.2. The Morgan fingerprint density at radius 3 is 2.10 bits per heavy atom. The van der Waals surface area contributed by atoms with Crippen molar-refractivity contribution in [2.75, 3.05) is 5.75 Å². The molecule has 21 heavy (non-hydrogen) atoms. The van der Waals surface area contributed by atoms with Gasteiger partial charge >= 0.3 is 5.97 Å². The van der Waals surface area contributed by atoms with Gasteiger partial charge in [-0.2, -0.15) is 4.72 Å². The van der Waals surface area contributed by atoms with Crippen molar-refractivity contribution < 1.29 is 18.3 Å². The molecule has 118 valence electrons. The van der Waals surface area contributed by atoms with Crippen LogP contribution in [0.15, 0.2) is 30.3 Å². The lowest BCUT2D eigenvalue weighted by atomic mass is 9.93. The summed E-state index contributed by atoms with van der Waals surface area (Å²) in [6.45, 7) is 7.18. The van der Waals surface area contributed by atoms with Crippen molar-refractivity contribution in [3.63, 3.8) is 0 Å². The quantitative estimate of drug-likeness (QED) is 0.844. The standard InChI is InChI=1S/C15H23NO4S/c1-14(2,3)10-11-21(19,20)16-15(4,13(17)18)12-8-6-5-7-9-12/h5-9,16H,10-11H2,1-4H3,(H,17,18). The van der Waals surface area contributed by atoms with Gasteiger partial charge in [-0.3, -0.25) is 0 Å². The first-order valence-corrected chi connectivity index (χ1v) is 8.42. The van der Waals surface area contributed by atoms with Crippen LogP contribution >= 0.6 is 0 Å². The second-order valence-corrected chi connectivity index (χ2v) is 8.37. The second-order valence-electron chi connectivity index (χ2n) is 6.53. The summed E-state index contributed by atoms with van der Waals surface area (Å²) >= 11 is 0. The number of carboxylic acids is 1. The van der Waals surface area contributed by atoms with Crippen LogP contribution in [0.5, 0.6) is 0 Å². The fourth-order valence-electron chi connectivity index (χ4n) is 1.80. The average Bonchev–Trinajstić information content (AvgIpc) is 2.36. The van der Waals surface area contributed by atoms with Crippen molar-refractivity contribution >= 4 is 16.0 Å². The summed E-state index contributed by atoms with van der Waals surface area (Å²) in [4.78, 5) is 11.6. The van der Waals surface area contributed by atoms with Gasteiger partial charge in [0.05, 0.1) is 5.75 Å². The van der Waals surface area contributed by atoms with E-state index in [1.165, 1.54) is 6.92 Å². The van der Waals surface area contributed by atoms with E-state index in [0.717, 1.165) is 0 Å². The molecule has 0 fully saturated rings. The van der Waals surface area contributed by atoms with Gasteiger partial charge in [0.2, 0.25) is 10.0 Å². The first-order valence-electron chi connectivity index (χ1n) is 6.77. The maximum atomic E-state index is 12.2. The van der Waals surface area contributed by atoms with E-state index < -0.39 is 21.5 Å². The summed E-state index contributed by atoms with van der Waals surface area (Å²) in [5, 5.41) is 9.45. The fraction of sp³-hybridized carbons (Fsp3) is 0.533. The molecule has 0 saturated heterocycles. The first-order chi connectivity index (χ1) is 9.46. The number of carboxylic acid groups (broad SMARTS) is 1. The summed E-state index contributed by atoms with van der Waals surface area (Å²) in [7, 11) is -3.70. The third kappa shape index (κ3) is 5.13. The summed E-state index contributed by atoms with van der Waals surface area (Å²) in [6, 6.07) is 8.31. The van der Waals surface area contributed by atoms with Gasteiger partial charge in [-0.1, -0.05) is 51.1 Å². The van der Waals surface area contributed by atoms with Crippen molar-refractivity contribution in [1.29, 1.82) is 0 Å². The molecule has 1 aromatic carbocycles. The molecule has 0 aliphatic rings. The molecule has 1 rings (SSSR count). The van der Waals surface area contributed by atoms with Gasteiger partial charge in [0.1, 0.15) is 0 Å². The molecule has 0 spiro atoms. The Balaban J connectivity index is 3.02. The Morgan fingerprint density at radius 2 is 1.67 bits per heavy atom. The molecule has 0 bridgehead atoms. The van der Waals surface area contributed by atoms with Crippen LogP contribution in [-0.4, -0.2) is 25.2 Å². The number of hydrogen-bond donors (Lipinski definition) is 2. The highest BCUT2D eigenvalue weighted by molar-refractivity contribution is 7.89. The molecule has 0 saturated carbocycles. The van der Waals surface area contributed by atoms with Crippen LogP contribution in [0, 0.1) is 5.41 Å². The highest BCUT2D eigenvalue weighted by Crippen LogP contribution is 2.24. The lowest BCUT2D eigenvalue weighted by Crippen LogP contribution is -2.50. The molecule has 1 unspecified atom stereocenters. The monoisotopic (exact) mass is 313 g/mol. The van der Waals surface area contributed by atoms with Crippen LogP contribution < -0.4 is 4.72 Å². The zero-order valence-corrected chi connectivity index (χ0v) is 13.7. The van der Waals surface area contributed by atoms with E-state index in [1.54, 1.807) is 30.3 Å². The number of rotatable bonds is 6. The predicted octanol–water partition coefficient (Wildman–Crippen LogP) is 2.34. The van der Waals surface area contributed by atoms with E-state index in [1.807, 2.05) is 20.8 Å². The average molecular weight is 313 g/mol. The SMILES string of the molecule is CC(C)(C)CCS(=O)(=O)NC(C)(C(=O)O)c1ccccc1. The topological polar surface area (TPSA) is 83.5 Å². The molecule has 5 nitrogen and oxygen atoms in total. The molecule has 1 atom stereocenters. The van der Waals surface area contributed by atoms with Crippen LogP contribution in [0.25, 0.3) is 0 Å². The van der Waals surface area contributed by atoms with Gasteiger partial charge in [-0.05, 0) is 24.3 Å². The second kappa shape index (κ2) is 6.15. The number of sulfonamides is 1. The number of aliphatic carboxylic acids is 1. The van der Waals surface area contributed by atoms with Crippen molar-refractivity contribution in [1.82, 2.24) is 4.72 Å². The van der Waals surface area contributed by atoms with E-state index in [9.17, 15) is 18.3 Å². The van der Waals surface area contributed by atoms with Crippen LogP contribution in [0.1, 0.15) is 39.7 Å². The molecule has 0 radical (unpaired) electrons. The minimum atomic E-state index is -3.70. The van der Waals surface area contributed by atoms with Crippen LogP contribution in [0.4, 0.5) is 0 Å². The van der Waals surface area contributed by atoms with Gasteiger partial charge in [-0.15, -0.1) is 0 Å². The van der Waals surface area contributed by atoms with Crippen LogP contribution in [0.2, 0.25) is 0 Å². The van der Waals surface area contributed by atoms with E-state index in [4.69, 9.17) is 0 Å². The Labute approximate surface area is 126 Å². The molecule has 0 aromatic heterocycles. The number of carbonyl (C=O) groups is 1. The molecular formula is C15H23NO4S. The zero-order valence-electron chi connectivity index (χ0n) is 12.9. The highest BCUT2D eigenvalue weighted by Gasteiger charge is 2.39. The Kier molecular flexibility index (Phi) is 5.17. The summed E-state index contributed by atoms with van der Waals surface area (Å²) in [6.07, 6.45) is 0.451. The minimum Gasteiger partial charge on any atom is -0.480 e. The maximum absolute atomic E-state index is 12.2. The van der Waals surface area contributed by atoms with Gasteiger partial charge in [0, 0.05) is 0 Å². The maximum Gasteiger partial charge on any atom is 0.329 e. The molecule has 6 heteroatoms. The summed E-state index contributed by atoms with van der Waals surface area (Å²) in [5.74, 6) is -1.33. The summed E-state index contributed by atoms with van der Waals surface area (Å²) < 4.78 is 26.7. The predicted molar refractivity (Wildman–Crippen MR) is 82.4 cm³/mol. The first kappa shape index (κ1) is 17.7. The zero-order chi connectivity index (χ0) is 16.3. The lowest BCUT2D eigenvalue weighted by molar-refractivity contribution is -0.143. The van der Waals surface area contributed by atoms with Gasteiger partial charge in [0.15, 0.2) is 5.54 Å². The molecule has 0 aliphatic carbocycles. The van der Waals surface area contributed by atoms with Crippen LogP contribution in [-0.2, 0) is 20.4 Å². The Morgan fingerprint density at radius 1 is 1.14 bits per heavy atom. The fourth-order valence-corrected chi connectivity index (χ4v) is 3.61. The molecule has 1 aromatic rings. The Hall–Kier alpha value is -1.40. The number of nitrogens with one attached hydrogen (secondary N) is 1. The van der Waals surface area contributed by atoms with E-state index >= 15 is 0 Å². The molecule has 0 amide bonds. The smallest absolute Gasteiger partial charge is 0.329 e. The molecule has 2 N–H and O–H groups in total. The van der Waals surface area contributed by atoms with Crippen molar-refractivity contribution in [3.8, 4) is 0 Å². The minimum absolute atomic E-state index is 0.105. The lowest BCUT2D eigenvalue weighted by Gasteiger charge is -2.27. The third-order valence-electron chi connectivity index (χ3n) is 3.26. The summed E-state index contributed by atoms with van der Waals surface area (Å²) in [5.41, 5.74) is -1.41. The van der Waals surface area contributed by atoms with Gasteiger partial charge < -0.3 is 5.11 Å². The van der Waals surface area contributed by atoms with Crippen molar-refractivity contribution in [2.24, 2.45) is 5.41 Å². The number of hydrogen-bond acceptors (Lipinski definition) is 3. The van der Waals surface area contributed by atoms with Gasteiger partial charge in [-0.25, -0.2) is 13.2 Å². The van der Waals surface area contributed by atoms with E-state index in [2.05, 4.69) is 4.72 Å². The molecular weight excluding hydrogens is 290 g/mol. The largest absolute Gasteiger partial charge is 0.480 e. The van der Waals surface area contributed by atoms with E-state index in [-0.39, 0.29) is 11.2 Å². The van der Waals surface area contributed by atoms with Crippen LogP contribution in [0.3, 0.4) is 0 Å². The molecule has 0 heterocycles. The van der Waals surface area contributed by atoms with Crippen molar-refractivity contribution in [2.45, 2.75) is 39.7 Å². The van der Waals surface area contributed by atoms with Gasteiger partial charge in [0.25, 0.3) is 0 Å². The number of benzene rings is 1. The molecule has 0 aliphatic heterocycles. The van der Waals surface area contributed by atoms with Crippen molar-refractivity contribution in [3.05, 3.63) is 35.9 Å².